The molecule has 2 N–H and O–H groups in total. The summed E-state index contributed by atoms with van der Waals surface area (Å²) in [5.74, 6) is 0.150. The lowest BCUT2D eigenvalue weighted by atomic mass is 10.1. The van der Waals surface area contributed by atoms with E-state index < -0.39 is 5.97 Å². The number of nitrogens with zero attached hydrogens (tertiary/aromatic N) is 2. The minimum absolute atomic E-state index is 0.0914. The van der Waals surface area contributed by atoms with E-state index in [9.17, 15) is 4.79 Å². The van der Waals surface area contributed by atoms with E-state index in [2.05, 4.69) is 15.4 Å². The Morgan fingerprint density at radius 3 is 3.00 bits per heavy atom. The number of carboxylic acids is 1. The maximum Gasteiger partial charge on any atom is 0.356 e. The maximum atomic E-state index is 11.1. The zero-order valence-electron chi connectivity index (χ0n) is 10.5. The molecule has 1 saturated carbocycles. The standard InChI is InChI=1S/C13H12ClN3O3/c14-10-4-3-8(20-6-7-1-2-7)5-9(10)11-12(13(18)19)16-17-15-11/h3-5,7H,1-2,6H2,(H,18,19)(H,15,16,17). The lowest BCUT2D eigenvalue weighted by Crippen LogP contribution is -2.01. The van der Waals surface area contributed by atoms with Crippen molar-refractivity contribution in [2.24, 2.45) is 5.92 Å². The van der Waals surface area contributed by atoms with Crippen molar-refractivity contribution in [2.45, 2.75) is 12.8 Å². The van der Waals surface area contributed by atoms with Gasteiger partial charge in [-0.3, -0.25) is 5.10 Å². The number of halogens is 1. The maximum absolute atomic E-state index is 11.1. The van der Waals surface area contributed by atoms with Gasteiger partial charge in [0, 0.05) is 5.56 Å². The topological polar surface area (TPSA) is 88.1 Å². The van der Waals surface area contributed by atoms with Crippen LogP contribution in [0.5, 0.6) is 5.75 Å². The van der Waals surface area contributed by atoms with Gasteiger partial charge in [-0.2, -0.15) is 0 Å². The fraction of sp³-hybridized carbons (Fsp3) is 0.308. The third-order valence-corrected chi connectivity index (χ3v) is 3.47. The second-order valence-corrected chi connectivity index (χ2v) is 5.14. The molecule has 0 radical (unpaired) electrons. The van der Waals surface area contributed by atoms with E-state index in [1.54, 1.807) is 18.2 Å². The number of aromatic amines is 1. The molecule has 2 aromatic rings. The molecule has 0 atom stereocenters. The van der Waals surface area contributed by atoms with E-state index in [1.165, 1.54) is 12.8 Å². The van der Waals surface area contributed by atoms with Crippen LogP contribution in [-0.2, 0) is 0 Å². The summed E-state index contributed by atoms with van der Waals surface area (Å²) in [6, 6.07) is 5.11. The van der Waals surface area contributed by atoms with Crippen LogP contribution >= 0.6 is 11.6 Å². The summed E-state index contributed by atoms with van der Waals surface area (Å²) in [5, 5.41) is 19.1. The number of hydrogen-bond donors (Lipinski definition) is 2. The molecule has 0 bridgehead atoms. The minimum Gasteiger partial charge on any atom is -0.493 e. The zero-order valence-corrected chi connectivity index (χ0v) is 11.2. The summed E-state index contributed by atoms with van der Waals surface area (Å²) >= 11 is 6.11. The van der Waals surface area contributed by atoms with Gasteiger partial charge in [-0.1, -0.05) is 16.8 Å². The van der Waals surface area contributed by atoms with Gasteiger partial charge in [0.25, 0.3) is 0 Å². The minimum atomic E-state index is -1.13. The number of ether oxygens (including phenoxy) is 1. The van der Waals surface area contributed by atoms with Crippen LogP contribution in [0, 0.1) is 5.92 Å². The number of carbonyl (C=O) groups is 1. The van der Waals surface area contributed by atoms with Crippen molar-refractivity contribution in [1.29, 1.82) is 0 Å². The van der Waals surface area contributed by atoms with Crippen molar-refractivity contribution in [3.8, 4) is 17.0 Å². The molecule has 0 amide bonds. The molecule has 1 aromatic heterocycles. The summed E-state index contributed by atoms with van der Waals surface area (Å²) < 4.78 is 5.66. The van der Waals surface area contributed by atoms with Crippen LogP contribution in [0.3, 0.4) is 0 Å². The molecule has 1 fully saturated rings. The highest BCUT2D eigenvalue weighted by Gasteiger charge is 2.23. The van der Waals surface area contributed by atoms with Crippen molar-refractivity contribution < 1.29 is 14.6 Å². The molecular weight excluding hydrogens is 282 g/mol. The van der Waals surface area contributed by atoms with E-state index in [1.807, 2.05) is 0 Å². The van der Waals surface area contributed by atoms with E-state index in [4.69, 9.17) is 21.4 Å². The number of carboxylic acid groups (broad SMARTS) is 1. The third kappa shape index (κ3) is 2.60. The highest BCUT2D eigenvalue weighted by molar-refractivity contribution is 6.33. The third-order valence-electron chi connectivity index (χ3n) is 3.14. The van der Waals surface area contributed by atoms with Crippen LogP contribution in [0.25, 0.3) is 11.3 Å². The molecule has 0 saturated heterocycles. The Labute approximate surface area is 119 Å². The van der Waals surface area contributed by atoms with Gasteiger partial charge in [0.15, 0.2) is 5.69 Å². The molecule has 1 aliphatic rings. The van der Waals surface area contributed by atoms with Gasteiger partial charge < -0.3 is 9.84 Å². The predicted octanol–water partition coefficient (Wildman–Crippen LogP) is 2.61. The van der Waals surface area contributed by atoms with Gasteiger partial charge in [-0.25, -0.2) is 4.79 Å². The number of aromatic carboxylic acids is 1. The number of benzene rings is 1. The average molecular weight is 294 g/mol. The van der Waals surface area contributed by atoms with Gasteiger partial charge in [0.2, 0.25) is 0 Å². The summed E-state index contributed by atoms with van der Waals surface area (Å²) in [7, 11) is 0. The summed E-state index contributed by atoms with van der Waals surface area (Å²) in [6.07, 6.45) is 2.40. The van der Waals surface area contributed by atoms with Crippen molar-refractivity contribution in [1.82, 2.24) is 15.4 Å². The van der Waals surface area contributed by atoms with E-state index >= 15 is 0 Å². The predicted molar refractivity (Wildman–Crippen MR) is 72.0 cm³/mol. The number of hydrogen-bond acceptors (Lipinski definition) is 4. The Kier molecular flexibility index (Phi) is 3.31. The van der Waals surface area contributed by atoms with Crippen LogP contribution in [0.4, 0.5) is 0 Å². The smallest absolute Gasteiger partial charge is 0.356 e. The molecule has 0 unspecified atom stereocenters. The average Bonchev–Trinajstić information content (AvgIpc) is 3.12. The molecule has 0 aliphatic heterocycles. The van der Waals surface area contributed by atoms with E-state index in [0.717, 1.165) is 0 Å². The molecule has 3 rings (SSSR count). The van der Waals surface area contributed by atoms with Crippen LogP contribution < -0.4 is 4.74 Å². The highest BCUT2D eigenvalue weighted by atomic mass is 35.5. The van der Waals surface area contributed by atoms with Gasteiger partial charge in [-0.15, -0.1) is 5.10 Å². The second kappa shape index (κ2) is 5.13. The molecule has 6 nitrogen and oxygen atoms in total. The van der Waals surface area contributed by atoms with Gasteiger partial charge in [0.05, 0.1) is 11.6 Å². The fourth-order valence-electron chi connectivity index (χ4n) is 1.84. The molecule has 104 valence electrons. The van der Waals surface area contributed by atoms with Crippen LogP contribution in [0.15, 0.2) is 18.2 Å². The molecular formula is C13H12ClN3O3. The quantitative estimate of drug-likeness (QED) is 0.884. The van der Waals surface area contributed by atoms with Crippen LogP contribution in [-0.4, -0.2) is 33.1 Å². The highest BCUT2D eigenvalue weighted by Crippen LogP contribution is 2.33. The van der Waals surface area contributed by atoms with Crippen molar-refractivity contribution in [3.05, 3.63) is 28.9 Å². The Bertz CT molecular complexity index is 652. The van der Waals surface area contributed by atoms with Crippen LogP contribution in [0.2, 0.25) is 5.02 Å². The summed E-state index contributed by atoms with van der Waals surface area (Å²) in [5.41, 5.74) is 0.608. The molecule has 7 heteroatoms. The van der Waals surface area contributed by atoms with E-state index in [-0.39, 0.29) is 11.4 Å². The summed E-state index contributed by atoms with van der Waals surface area (Å²) in [6.45, 7) is 0.672. The van der Waals surface area contributed by atoms with Crippen molar-refractivity contribution in [2.75, 3.05) is 6.61 Å². The van der Waals surface area contributed by atoms with Gasteiger partial charge >= 0.3 is 5.97 Å². The molecule has 1 aromatic carbocycles. The Hall–Kier alpha value is -2.08. The monoisotopic (exact) mass is 293 g/mol. The lowest BCUT2D eigenvalue weighted by molar-refractivity contribution is 0.0691. The fourth-order valence-corrected chi connectivity index (χ4v) is 2.05. The number of nitrogens with one attached hydrogen (secondary N) is 1. The largest absolute Gasteiger partial charge is 0.493 e. The van der Waals surface area contributed by atoms with Gasteiger partial charge in [-0.05, 0) is 37.0 Å². The normalized spacial score (nSPS) is 14.2. The summed E-state index contributed by atoms with van der Waals surface area (Å²) in [4.78, 5) is 11.1. The molecule has 20 heavy (non-hydrogen) atoms. The van der Waals surface area contributed by atoms with Crippen molar-refractivity contribution >= 4 is 17.6 Å². The Morgan fingerprint density at radius 2 is 2.30 bits per heavy atom. The Morgan fingerprint density at radius 1 is 1.50 bits per heavy atom. The SMILES string of the molecule is O=C(O)c1[nH]nnc1-c1cc(OCC2CC2)ccc1Cl. The van der Waals surface area contributed by atoms with Gasteiger partial charge in [0.1, 0.15) is 11.4 Å². The number of aromatic nitrogens is 3. The van der Waals surface area contributed by atoms with E-state index in [0.29, 0.717) is 28.9 Å². The van der Waals surface area contributed by atoms with Crippen LogP contribution in [0.1, 0.15) is 23.3 Å². The number of rotatable bonds is 5. The zero-order chi connectivity index (χ0) is 14.1. The number of H-pyrrole nitrogens is 1. The molecule has 1 heterocycles. The first-order valence-corrected chi connectivity index (χ1v) is 6.60. The first kappa shape index (κ1) is 12.9. The first-order valence-electron chi connectivity index (χ1n) is 6.22. The van der Waals surface area contributed by atoms with Crippen molar-refractivity contribution in [3.63, 3.8) is 0 Å². The second-order valence-electron chi connectivity index (χ2n) is 4.74. The molecule has 1 aliphatic carbocycles. The Balaban J connectivity index is 1.92. The molecule has 0 spiro atoms. The first-order chi connectivity index (χ1) is 9.65. The lowest BCUT2D eigenvalue weighted by Gasteiger charge is -2.08.